The van der Waals surface area contributed by atoms with Gasteiger partial charge in [-0.3, -0.25) is 4.72 Å². The summed E-state index contributed by atoms with van der Waals surface area (Å²) >= 11 is 7.64. The molecule has 32 heavy (non-hydrogen) atoms. The predicted octanol–water partition coefficient (Wildman–Crippen LogP) is 6.36. The molecular weight excluding hydrogens is 464 g/mol. The summed E-state index contributed by atoms with van der Waals surface area (Å²) in [7, 11) is 0.0375. The Labute approximate surface area is 200 Å². The third kappa shape index (κ3) is 5.24. The third-order valence-corrected chi connectivity index (χ3v) is 8.25. The first-order chi connectivity index (χ1) is 15.4. The maximum atomic E-state index is 13.2. The molecule has 3 aromatic rings. The van der Waals surface area contributed by atoms with E-state index in [1.165, 1.54) is 32.1 Å². The number of benzene rings is 1. The minimum atomic E-state index is -1.54. The summed E-state index contributed by atoms with van der Waals surface area (Å²) < 4.78 is 21.6. The fourth-order valence-electron chi connectivity index (χ4n) is 3.89. The molecule has 1 saturated carbocycles. The van der Waals surface area contributed by atoms with Crippen LogP contribution in [-0.4, -0.2) is 27.3 Å². The van der Waals surface area contributed by atoms with Gasteiger partial charge in [-0.05, 0) is 62.1 Å². The average molecular weight is 491 g/mol. The second-order valence-corrected chi connectivity index (χ2v) is 10.5. The molecule has 1 fully saturated rings. The van der Waals surface area contributed by atoms with Crippen LogP contribution in [0.3, 0.4) is 0 Å². The van der Waals surface area contributed by atoms with E-state index in [0.717, 1.165) is 26.8 Å². The van der Waals surface area contributed by atoms with E-state index in [0.29, 0.717) is 27.5 Å². The van der Waals surface area contributed by atoms with Crippen LogP contribution in [0.5, 0.6) is 5.75 Å². The number of nitrogens with zero attached hydrogens (tertiary/aromatic N) is 2. The summed E-state index contributed by atoms with van der Waals surface area (Å²) in [6.45, 7) is 3.87. The van der Waals surface area contributed by atoms with Crippen molar-refractivity contribution in [3.8, 4) is 16.2 Å². The molecule has 1 atom stereocenters. The van der Waals surface area contributed by atoms with Gasteiger partial charge in [0.15, 0.2) is 16.1 Å². The lowest BCUT2D eigenvalue weighted by molar-refractivity contribution is 0.404. The lowest BCUT2D eigenvalue weighted by atomic mass is 9.96. The molecule has 9 heteroatoms. The monoisotopic (exact) mass is 490 g/mol. The third-order valence-electron chi connectivity index (χ3n) is 5.58. The van der Waals surface area contributed by atoms with Crippen LogP contribution in [0.2, 0.25) is 5.15 Å². The number of thiazole rings is 1. The van der Waals surface area contributed by atoms with Crippen molar-refractivity contribution in [2.24, 2.45) is 0 Å². The van der Waals surface area contributed by atoms with Crippen LogP contribution in [-0.2, 0) is 11.0 Å². The molecule has 0 aliphatic heterocycles. The van der Waals surface area contributed by atoms with Crippen LogP contribution in [0.25, 0.3) is 10.4 Å². The van der Waals surface area contributed by atoms with Crippen LogP contribution >= 0.6 is 22.9 Å². The van der Waals surface area contributed by atoms with E-state index >= 15 is 0 Å². The Morgan fingerprint density at radius 2 is 1.97 bits per heavy atom. The number of nitrogens with one attached hydrogen (secondary N) is 2. The maximum Gasteiger partial charge on any atom is 0.183 e. The number of aryl methyl sites for hydroxylation is 2. The Balaban J connectivity index is 1.58. The number of pyridine rings is 1. The van der Waals surface area contributed by atoms with Gasteiger partial charge < -0.3 is 10.1 Å². The Morgan fingerprint density at radius 1 is 1.19 bits per heavy atom. The molecule has 6 nitrogen and oxygen atoms in total. The largest absolute Gasteiger partial charge is 0.495 e. The molecular formula is C23H27ClN4O2S2. The van der Waals surface area contributed by atoms with Gasteiger partial charge in [-0.1, -0.05) is 42.2 Å². The second kappa shape index (κ2) is 10.2. The quantitative estimate of drug-likeness (QED) is 0.376. The average Bonchev–Trinajstić information content (AvgIpc) is 3.16. The Kier molecular flexibility index (Phi) is 7.33. The summed E-state index contributed by atoms with van der Waals surface area (Å²) in [6, 6.07) is 8.06. The summed E-state index contributed by atoms with van der Waals surface area (Å²) in [5.41, 5.74) is 3.37. The molecule has 1 aliphatic rings. The number of ether oxygens (including phenoxy) is 1. The molecule has 0 radical (unpaired) electrons. The van der Waals surface area contributed by atoms with Crippen molar-refractivity contribution >= 4 is 44.7 Å². The first kappa shape index (κ1) is 23.0. The Bertz CT molecular complexity index is 1130. The molecule has 2 heterocycles. The Hall–Kier alpha value is -2.16. The minimum absolute atomic E-state index is 0.430. The lowest BCUT2D eigenvalue weighted by Gasteiger charge is -2.22. The van der Waals surface area contributed by atoms with Crippen molar-refractivity contribution in [1.82, 2.24) is 9.97 Å². The number of methoxy groups -OCH3 is 1. The molecule has 1 aromatic carbocycles. The molecule has 2 N–H and O–H groups in total. The topological polar surface area (TPSA) is 76.1 Å². The van der Waals surface area contributed by atoms with E-state index < -0.39 is 11.0 Å². The van der Waals surface area contributed by atoms with Gasteiger partial charge in [0, 0.05) is 6.04 Å². The van der Waals surface area contributed by atoms with Gasteiger partial charge in [-0.25, -0.2) is 14.2 Å². The number of aromatic nitrogens is 2. The Morgan fingerprint density at radius 3 is 2.69 bits per heavy atom. The van der Waals surface area contributed by atoms with Crippen LogP contribution in [0, 0.1) is 13.8 Å². The van der Waals surface area contributed by atoms with Gasteiger partial charge in [-0.15, -0.1) is 0 Å². The van der Waals surface area contributed by atoms with Crippen LogP contribution in [0.1, 0.15) is 43.4 Å². The van der Waals surface area contributed by atoms with Gasteiger partial charge in [0.05, 0.1) is 29.6 Å². The van der Waals surface area contributed by atoms with Crippen molar-refractivity contribution < 1.29 is 8.95 Å². The first-order valence-corrected chi connectivity index (χ1v) is 13.0. The highest BCUT2D eigenvalue weighted by Gasteiger charge is 2.19. The summed E-state index contributed by atoms with van der Waals surface area (Å²) in [5, 5.41) is 4.98. The zero-order valence-corrected chi connectivity index (χ0v) is 20.8. The summed E-state index contributed by atoms with van der Waals surface area (Å²) in [6.07, 6.45) is 7.84. The molecule has 0 amide bonds. The zero-order valence-electron chi connectivity index (χ0n) is 18.4. The second-order valence-electron chi connectivity index (χ2n) is 7.98. The molecule has 0 saturated heterocycles. The van der Waals surface area contributed by atoms with E-state index in [-0.39, 0.29) is 0 Å². The van der Waals surface area contributed by atoms with E-state index in [9.17, 15) is 4.21 Å². The van der Waals surface area contributed by atoms with Gasteiger partial charge in [0.1, 0.15) is 15.8 Å². The van der Waals surface area contributed by atoms with Gasteiger partial charge >= 0.3 is 0 Å². The highest BCUT2D eigenvalue weighted by Crippen LogP contribution is 2.37. The predicted molar refractivity (Wildman–Crippen MR) is 133 cm³/mol. The smallest absolute Gasteiger partial charge is 0.183 e. The number of halogens is 1. The van der Waals surface area contributed by atoms with Crippen molar-refractivity contribution in [3.63, 3.8) is 0 Å². The van der Waals surface area contributed by atoms with E-state index in [2.05, 4.69) is 15.0 Å². The van der Waals surface area contributed by atoms with Gasteiger partial charge in [-0.2, -0.15) is 0 Å². The minimum Gasteiger partial charge on any atom is -0.495 e. The number of rotatable bonds is 7. The van der Waals surface area contributed by atoms with Crippen molar-refractivity contribution in [1.29, 1.82) is 0 Å². The van der Waals surface area contributed by atoms with Crippen LogP contribution < -0.4 is 14.8 Å². The molecule has 1 aliphatic carbocycles. The summed E-state index contributed by atoms with van der Waals surface area (Å²) in [4.78, 5) is 10.5. The van der Waals surface area contributed by atoms with E-state index in [1.54, 1.807) is 24.6 Å². The number of anilines is 2. The fourth-order valence-corrected chi connectivity index (χ4v) is 6.03. The van der Waals surface area contributed by atoms with Gasteiger partial charge in [0.25, 0.3) is 0 Å². The van der Waals surface area contributed by atoms with Gasteiger partial charge in [0.2, 0.25) is 0 Å². The van der Waals surface area contributed by atoms with Crippen LogP contribution in [0.4, 0.5) is 10.8 Å². The first-order valence-electron chi connectivity index (χ1n) is 10.7. The molecule has 4 rings (SSSR count). The molecule has 0 bridgehead atoms. The van der Waals surface area contributed by atoms with Crippen molar-refractivity contribution in [2.45, 2.75) is 56.9 Å². The van der Waals surface area contributed by atoms with Crippen LogP contribution in [0.15, 0.2) is 35.4 Å². The normalized spacial score (nSPS) is 15.4. The fraction of sp³-hybridized carbons (Fsp3) is 0.391. The lowest BCUT2D eigenvalue weighted by Crippen LogP contribution is -2.21. The number of hydrogen-bond acceptors (Lipinski definition) is 6. The summed E-state index contributed by atoms with van der Waals surface area (Å²) in [5.74, 6) is 0.556. The van der Waals surface area contributed by atoms with Crippen molar-refractivity contribution in [3.05, 3.63) is 46.9 Å². The van der Waals surface area contributed by atoms with Crippen molar-refractivity contribution in [2.75, 3.05) is 17.1 Å². The highest BCUT2D eigenvalue weighted by molar-refractivity contribution is 7.86. The molecule has 2 aromatic heterocycles. The standard InChI is InChI=1S/C23H27ClN4O2S2/c1-14-11-18(13-25-22(14)24)28-32(29)20-12-16(9-10-19(20)30-3)21-15(2)26-23(31-21)27-17-7-5-4-6-8-17/h9-13,17,28H,4-8H2,1-3H3,(H,26,27). The molecule has 170 valence electrons. The highest BCUT2D eigenvalue weighted by atomic mass is 35.5. The SMILES string of the molecule is COc1ccc(-c2sc(NC3CCCCC3)nc2C)cc1S(=O)Nc1cnc(Cl)c(C)c1. The van der Waals surface area contributed by atoms with E-state index in [1.807, 2.05) is 38.1 Å². The molecule has 1 unspecified atom stereocenters. The zero-order chi connectivity index (χ0) is 22.7. The van der Waals surface area contributed by atoms with E-state index in [4.69, 9.17) is 21.3 Å². The maximum absolute atomic E-state index is 13.2. The molecule has 0 spiro atoms. The number of hydrogen-bond donors (Lipinski definition) is 2.